The molecule has 4 nitrogen and oxygen atoms in total. The number of ether oxygens (including phenoxy) is 1. The van der Waals surface area contributed by atoms with Crippen LogP contribution in [-0.4, -0.2) is 24.2 Å². The fraction of sp³-hybridized carbons (Fsp3) is 0.385. The van der Waals surface area contributed by atoms with E-state index in [9.17, 15) is 9.59 Å². The van der Waals surface area contributed by atoms with Gasteiger partial charge in [0.1, 0.15) is 0 Å². The molecule has 18 heavy (non-hydrogen) atoms. The van der Waals surface area contributed by atoms with Crippen LogP contribution in [0.3, 0.4) is 0 Å². The van der Waals surface area contributed by atoms with E-state index in [0.717, 1.165) is 10.6 Å². The summed E-state index contributed by atoms with van der Waals surface area (Å²) >= 11 is 1.59. The van der Waals surface area contributed by atoms with Crippen LogP contribution in [0.15, 0.2) is 29.2 Å². The fourth-order valence-corrected chi connectivity index (χ4v) is 2.16. The van der Waals surface area contributed by atoms with Crippen LogP contribution < -0.4 is 5.32 Å². The molecule has 1 rings (SSSR count). The predicted octanol–water partition coefficient (Wildman–Crippen LogP) is 2.69. The number of esters is 1. The highest BCUT2D eigenvalue weighted by molar-refractivity contribution is 7.99. The summed E-state index contributed by atoms with van der Waals surface area (Å²) in [6.07, 6.45) is 0.409. The molecule has 1 N–H and O–H groups in total. The lowest BCUT2D eigenvalue weighted by Crippen LogP contribution is -2.05. The van der Waals surface area contributed by atoms with E-state index in [1.54, 1.807) is 18.7 Å². The van der Waals surface area contributed by atoms with Gasteiger partial charge in [-0.15, -0.1) is 11.8 Å². The first-order valence-corrected chi connectivity index (χ1v) is 6.76. The Bertz CT molecular complexity index is 403. The largest absolute Gasteiger partial charge is 0.466 e. The lowest BCUT2D eigenvalue weighted by atomic mass is 10.3. The Labute approximate surface area is 111 Å². The number of hydrogen-bond acceptors (Lipinski definition) is 4. The molecular weight excluding hydrogens is 250 g/mol. The number of nitrogens with one attached hydrogen (secondary N) is 1. The van der Waals surface area contributed by atoms with Gasteiger partial charge in [0, 0.05) is 23.3 Å². The van der Waals surface area contributed by atoms with Crippen LogP contribution in [-0.2, 0) is 14.3 Å². The van der Waals surface area contributed by atoms with Crippen molar-refractivity contribution in [3.05, 3.63) is 24.3 Å². The molecule has 0 aliphatic rings. The van der Waals surface area contributed by atoms with E-state index in [4.69, 9.17) is 4.74 Å². The van der Waals surface area contributed by atoms with Crippen LogP contribution in [0.25, 0.3) is 0 Å². The third-order valence-corrected chi connectivity index (χ3v) is 3.07. The van der Waals surface area contributed by atoms with Gasteiger partial charge in [0.2, 0.25) is 5.91 Å². The van der Waals surface area contributed by atoms with E-state index in [-0.39, 0.29) is 11.9 Å². The second-order valence-corrected chi connectivity index (χ2v) is 4.78. The zero-order valence-electron chi connectivity index (χ0n) is 10.6. The molecular formula is C13H17NO3S. The van der Waals surface area contributed by atoms with Gasteiger partial charge in [-0.3, -0.25) is 9.59 Å². The average Bonchev–Trinajstić information content (AvgIpc) is 2.31. The molecule has 5 heteroatoms. The van der Waals surface area contributed by atoms with E-state index >= 15 is 0 Å². The summed E-state index contributed by atoms with van der Waals surface area (Å²) in [5, 5.41) is 2.70. The van der Waals surface area contributed by atoms with Gasteiger partial charge in [-0.05, 0) is 31.2 Å². The van der Waals surface area contributed by atoms with Gasteiger partial charge in [-0.2, -0.15) is 0 Å². The first kappa shape index (κ1) is 14.6. The molecule has 1 amide bonds. The summed E-state index contributed by atoms with van der Waals surface area (Å²) in [7, 11) is 0. The molecule has 0 fully saturated rings. The van der Waals surface area contributed by atoms with Crippen LogP contribution in [0.4, 0.5) is 5.69 Å². The number of thioether (sulfide) groups is 1. The number of hydrogen-bond donors (Lipinski definition) is 1. The second-order valence-electron chi connectivity index (χ2n) is 3.61. The number of carbonyl (C=O) groups is 2. The van der Waals surface area contributed by atoms with Gasteiger partial charge in [0.05, 0.1) is 13.0 Å². The second kappa shape index (κ2) is 7.76. The average molecular weight is 267 g/mol. The van der Waals surface area contributed by atoms with Crippen molar-refractivity contribution in [2.75, 3.05) is 17.7 Å². The molecule has 1 aromatic rings. The van der Waals surface area contributed by atoms with Crippen LogP contribution >= 0.6 is 11.8 Å². The lowest BCUT2D eigenvalue weighted by molar-refractivity contribution is -0.142. The minimum Gasteiger partial charge on any atom is -0.466 e. The highest BCUT2D eigenvalue weighted by Crippen LogP contribution is 2.21. The quantitative estimate of drug-likeness (QED) is 0.636. The molecule has 0 aliphatic carbocycles. The van der Waals surface area contributed by atoms with Crippen molar-refractivity contribution in [3.63, 3.8) is 0 Å². The van der Waals surface area contributed by atoms with E-state index in [1.165, 1.54) is 6.92 Å². The third kappa shape index (κ3) is 5.72. The molecule has 0 unspecified atom stereocenters. The topological polar surface area (TPSA) is 55.4 Å². The van der Waals surface area contributed by atoms with Crippen LogP contribution in [0.1, 0.15) is 20.3 Å². The van der Waals surface area contributed by atoms with Crippen LogP contribution in [0.5, 0.6) is 0 Å². The number of amides is 1. The molecule has 0 radical (unpaired) electrons. The maximum Gasteiger partial charge on any atom is 0.306 e. The van der Waals surface area contributed by atoms with Crippen molar-refractivity contribution in [1.82, 2.24) is 0 Å². The summed E-state index contributed by atoms with van der Waals surface area (Å²) in [4.78, 5) is 23.0. The molecule has 0 saturated carbocycles. The van der Waals surface area contributed by atoms with Gasteiger partial charge < -0.3 is 10.1 Å². The Hall–Kier alpha value is -1.49. The van der Waals surface area contributed by atoms with Gasteiger partial charge in [0.25, 0.3) is 0 Å². The zero-order valence-corrected chi connectivity index (χ0v) is 11.4. The molecule has 0 atom stereocenters. The highest BCUT2D eigenvalue weighted by atomic mass is 32.2. The van der Waals surface area contributed by atoms with Crippen molar-refractivity contribution in [2.45, 2.75) is 25.2 Å². The smallest absolute Gasteiger partial charge is 0.306 e. The number of rotatable bonds is 6. The highest BCUT2D eigenvalue weighted by Gasteiger charge is 2.02. The molecule has 0 aromatic heterocycles. The molecule has 0 aliphatic heterocycles. The third-order valence-electron chi connectivity index (χ3n) is 2.05. The number of benzene rings is 1. The van der Waals surface area contributed by atoms with Crippen molar-refractivity contribution < 1.29 is 14.3 Å². The fourth-order valence-electron chi connectivity index (χ4n) is 1.32. The predicted molar refractivity (Wildman–Crippen MR) is 72.7 cm³/mol. The Morgan fingerprint density at radius 3 is 2.50 bits per heavy atom. The minimum atomic E-state index is -0.167. The maximum atomic E-state index is 11.1. The molecule has 0 saturated heterocycles. The zero-order chi connectivity index (χ0) is 13.4. The molecule has 0 spiro atoms. The van der Waals surface area contributed by atoms with Crippen molar-refractivity contribution in [3.8, 4) is 0 Å². The first-order valence-electron chi connectivity index (χ1n) is 5.78. The Balaban J connectivity index is 2.35. The van der Waals surface area contributed by atoms with Crippen molar-refractivity contribution in [1.29, 1.82) is 0 Å². The van der Waals surface area contributed by atoms with E-state index in [1.807, 2.05) is 24.3 Å². The number of carbonyl (C=O) groups excluding carboxylic acids is 2. The van der Waals surface area contributed by atoms with Crippen molar-refractivity contribution in [2.24, 2.45) is 0 Å². The molecule has 0 heterocycles. The Kier molecular flexibility index (Phi) is 6.28. The summed E-state index contributed by atoms with van der Waals surface area (Å²) in [5.41, 5.74) is 0.775. The summed E-state index contributed by atoms with van der Waals surface area (Å²) < 4.78 is 4.84. The maximum absolute atomic E-state index is 11.1. The van der Waals surface area contributed by atoms with Gasteiger partial charge >= 0.3 is 5.97 Å². The Morgan fingerprint density at radius 2 is 1.94 bits per heavy atom. The standard InChI is InChI=1S/C13H17NO3S/c1-3-17-13(16)8-9-18-12-6-4-11(5-7-12)14-10(2)15/h4-7H,3,8-9H2,1-2H3,(H,14,15). The number of anilines is 1. The van der Waals surface area contributed by atoms with Crippen LogP contribution in [0.2, 0.25) is 0 Å². The van der Waals surface area contributed by atoms with Gasteiger partial charge in [-0.1, -0.05) is 0 Å². The monoisotopic (exact) mass is 267 g/mol. The van der Waals surface area contributed by atoms with E-state index < -0.39 is 0 Å². The van der Waals surface area contributed by atoms with Crippen LogP contribution in [0, 0.1) is 0 Å². The summed E-state index contributed by atoms with van der Waals surface area (Å²) in [6, 6.07) is 7.52. The van der Waals surface area contributed by atoms with Gasteiger partial charge in [0.15, 0.2) is 0 Å². The SMILES string of the molecule is CCOC(=O)CCSc1ccc(NC(C)=O)cc1. The van der Waals surface area contributed by atoms with E-state index in [0.29, 0.717) is 18.8 Å². The normalized spacial score (nSPS) is 9.89. The van der Waals surface area contributed by atoms with Gasteiger partial charge in [-0.25, -0.2) is 0 Å². The Morgan fingerprint density at radius 1 is 1.28 bits per heavy atom. The first-order chi connectivity index (χ1) is 8.61. The van der Waals surface area contributed by atoms with Crippen molar-refractivity contribution >= 4 is 29.3 Å². The lowest BCUT2D eigenvalue weighted by Gasteiger charge is -2.04. The molecule has 0 bridgehead atoms. The summed E-state index contributed by atoms with van der Waals surface area (Å²) in [6.45, 7) is 3.70. The molecule has 98 valence electrons. The molecule has 1 aromatic carbocycles. The minimum absolute atomic E-state index is 0.0854. The summed E-state index contributed by atoms with van der Waals surface area (Å²) in [5.74, 6) is 0.441. The van der Waals surface area contributed by atoms with E-state index in [2.05, 4.69) is 5.32 Å².